The Morgan fingerprint density at radius 1 is 1.12 bits per heavy atom. The Morgan fingerprint density at radius 2 is 1.88 bits per heavy atom. The minimum Gasteiger partial charge on any atom is -0.482 e. The number of benzene rings is 1. The molecule has 0 bridgehead atoms. The van der Waals surface area contributed by atoms with Crippen LogP contribution in [-0.2, 0) is 29.1 Å². The standard InChI is InChI=1S/C23H31N3O7S/c1-2-32-23(29)17-7-6-10-24(14-17)21(27)15-26-19-13-18(8-9-20(19)33-16-22(26)28)34(30,31)25-11-4-3-5-12-25/h8-9,13,17H,2-7,10-12,14-16H2,1H3. The van der Waals surface area contributed by atoms with E-state index < -0.39 is 15.9 Å². The highest BCUT2D eigenvalue weighted by atomic mass is 32.2. The molecule has 1 unspecified atom stereocenters. The van der Waals surface area contributed by atoms with Crippen molar-refractivity contribution in [1.29, 1.82) is 0 Å². The number of rotatable bonds is 6. The minimum absolute atomic E-state index is 0.0734. The quantitative estimate of drug-likeness (QED) is 0.550. The smallest absolute Gasteiger partial charge is 0.310 e. The summed E-state index contributed by atoms with van der Waals surface area (Å²) in [6, 6.07) is 4.43. The van der Waals surface area contributed by atoms with E-state index in [2.05, 4.69) is 0 Å². The van der Waals surface area contributed by atoms with Gasteiger partial charge in [-0.1, -0.05) is 6.42 Å². The lowest BCUT2D eigenvalue weighted by atomic mass is 9.98. The lowest BCUT2D eigenvalue weighted by Crippen LogP contribution is -2.49. The molecule has 0 saturated carbocycles. The van der Waals surface area contributed by atoms with Gasteiger partial charge in [0.2, 0.25) is 15.9 Å². The van der Waals surface area contributed by atoms with Gasteiger partial charge < -0.3 is 14.4 Å². The number of ether oxygens (including phenoxy) is 2. The van der Waals surface area contributed by atoms with Gasteiger partial charge in [0.1, 0.15) is 12.3 Å². The molecule has 34 heavy (non-hydrogen) atoms. The van der Waals surface area contributed by atoms with Gasteiger partial charge in [-0.15, -0.1) is 0 Å². The van der Waals surface area contributed by atoms with Gasteiger partial charge in [0.25, 0.3) is 5.91 Å². The zero-order chi connectivity index (χ0) is 24.3. The van der Waals surface area contributed by atoms with E-state index in [-0.39, 0.29) is 54.7 Å². The molecule has 1 aromatic carbocycles. The molecule has 10 nitrogen and oxygen atoms in total. The minimum atomic E-state index is -3.71. The fraction of sp³-hybridized carbons (Fsp3) is 0.609. The Labute approximate surface area is 199 Å². The van der Waals surface area contributed by atoms with E-state index in [1.807, 2.05) is 0 Å². The Bertz CT molecular complexity index is 1050. The molecule has 2 saturated heterocycles. The van der Waals surface area contributed by atoms with E-state index in [9.17, 15) is 22.8 Å². The van der Waals surface area contributed by atoms with Gasteiger partial charge in [-0.3, -0.25) is 19.3 Å². The second-order valence-electron chi connectivity index (χ2n) is 8.79. The van der Waals surface area contributed by atoms with Crippen LogP contribution in [0.15, 0.2) is 23.1 Å². The monoisotopic (exact) mass is 493 g/mol. The Kier molecular flexibility index (Phi) is 7.42. The van der Waals surface area contributed by atoms with Crippen molar-refractivity contribution in [2.24, 2.45) is 5.92 Å². The normalized spacial score (nSPS) is 21.6. The molecule has 0 N–H and O–H groups in total. The van der Waals surface area contributed by atoms with E-state index in [0.717, 1.165) is 19.3 Å². The average molecular weight is 494 g/mol. The van der Waals surface area contributed by atoms with E-state index in [1.165, 1.54) is 27.4 Å². The van der Waals surface area contributed by atoms with Crippen LogP contribution in [0.3, 0.4) is 0 Å². The third-order valence-corrected chi connectivity index (χ3v) is 8.41. The predicted molar refractivity (Wildman–Crippen MR) is 123 cm³/mol. The highest BCUT2D eigenvalue weighted by molar-refractivity contribution is 7.89. The predicted octanol–water partition coefficient (Wildman–Crippen LogP) is 1.39. The third-order valence-electron chi connectivity index (χ3n) is 6.51. The van der Waals surface area contributed by atoms with Crippen LogP contribution in [-0.4, -0.2) is 81.3 Å². The number of fused-ring (bicyclic) bond motifs is 1. The van der Waals surface area contributed by atoms with Crippen LogP contribution in [0.2, 0.25) is 0 Å². The largest absolute Gasteiger partial charge is 0.482 e. The maximum absolute atomic E-state index is 13.1. The molecule has 0 aromatic heterocycles. The molecule has 186 valence electrons. The number of anilines is 1. The number of esters is 1. The highest BCUT2D eigenvalue weighted by Crippen LogP contribution is 2.35. The van der Waals surface area contributed by atoms with Crippen molar-refractivity contribution in [3.05, 3.63) is 18.2 Å². The van der Waals surface area contributed by atoms with Gasteiger partial charge in [-0.2, -0.15) is 4.31 Å². The van der Waals surface area contributed by atoms with Crippen molar-refractivity contribution in [3.8, 4) is 5.75 Å². The van der Waals surface area contributed by atoms with Crippen LogP contribution in [0.1, 0.15) is 39.0 Å². The number of nitrogens with zero attached hydrogens (tertiary/aromatic N) is 3. The summed E-state index contributed by atoms with van der Waals surface area (Å²) in [5.41, 5.74) is 0.265. The number of carbonyl (C=O) groups is 3. The Morgan fingerprint density at radius 3 is 2.62 bits per heavy atom. The number of hydrogen-bond donors (Lipinski definition) is 0. The van der Waals surface area contributed by atoms with Crippen LogP contribution < -0.4 is 9.64 Å². The Balaban J connectivity index is 1.53. The van der Waals surface area contributed by atoms with Gasteiger partial charge in [0.05, 0.1) is 23.1 Å². The second kappa shape index (κ2) is 10.3. The second-order valence-corrected chi connectivity index (χ2v) is 10.7. The first kappa shape index (κ1) is 24.5. The molecular weight excluding hydrogens is 462 g/mol. The van der Waals surface area contributed by atoms with Gasteiger partial charge in [-0.05, 0) is 50.8 Å². The lowest BCUT2D eigenvalue weighted by molar-refractivity contribution is -0.151. The third kappa shape index (κ3) is 5.05. The van der Waals surface area contributed by atoms with Crippen molar-refractivity contribution < 1.29 is 32.3 Å². The van der Waals surface area contributed by atoms with Gasteiger partial charge in [-0.25, -0.2) is 8.42 Å². The van der Waals surface area contributed by atoms with Crippen LogP contribution in [0.25, 0.3) is 0 Å². The first-order valence-corrected chi connectivity index (χ1v) is 13.3. The zero-order valence-electron chi connectivity index (χ0n) is 19.4. The van der Waals surface area contributed by atoms with Crippen molar-refractivity contribution in [2.45, 2.75) is 43.9 Å². The number of likely N-dealkylation sites (tertiary alicyclic amines) is 1. The topological polar surface area (TPSA) is 114 Å². The van der Waals surface area contributed by atoms with E-state index in [0.29, 0.717) is 38.2 Å². The van der Waals surface area contributed by atoms with Crippen molar-refractivity contribution in [3.63, 3.8) is 0 Å². The number of carbonyl (C=O) groups excluding carboxylic acids is 3. The molecular formula is C23H31N3O7S. The zero-order valence-corrected chi connectivity index (χ0v) is 20.2. The average Bonchev–Trinajstić information content (AvgIpc) is 2.86. The molecule has 0 aliphatic carbocycles. The van der Waals surface area contributed by atoms with Crippen molar-refractivity contribution in [1.82, 2.24) is 9.21 Å². The maximum atomic E-state index is 13.1. The highest BCUT2D eigenvalue weighted by Gasteiger charge is 2.34. The maximum Gasteiger partial charge on any atom is 0.310 e. The van der Waals surface area contributed by atoms with Gasteiger partial charge in [0.15, 0.2) is 6.61 Å². The van der Waals surface area contributed by atoms with Crippen LogP contribution in [0.5, 0.6) is 5.75 Å². The number of amides is 2. The summed E-state index contributed by atoms with van der Waals surface area (Å²) < 4.78 is 38.3. The summed E-state index contributed by atoms with van der Waals surface area (Å²) in [4.78, 5) is 40.8. The van der Waals surface area contributed by atoms with Crippen LogP contribution >= 0.6 is 0 Å². The molecule has 0 radical (unpaired) electrons. The molecule has 0 spiro atoms. The summed E-state index contributed by atoms with van der Waals surface area (Å²) in [7, 11) is -3.71. The molecule has 3 aliphatic rings. The van der Waals surface area contributed by atoms with E-state index in [1.54, 1.807) is 11.8 Å². The fourth-order valence-electron chi connectivity index (χ4n) is 4.66. The fourth-order valence-corrected chi connectivity index (χ4v) is 6.20. The lowest BCUT2D eigenvalue weighted by Gasteiger charge is -2.35. The van der Waals surface area contributed by atoms with Crippen molar-refractivity contribution in [2.75, 3.05) is 50.8 Å². The van der Waals surface area contributed by atoms with Gasteiger partial charge in [0, 0.05) is 26.2 Å². The molecule has 3 heterocycles. The van der Waals surface area contributed by atoms with Crippen LogP contribution in [0.4, 0.5) is 5.69 Å². The summed E-state index contributed by atoms with van der Waals surface area (Å²) in [5.74, 6) is -1.08. The molecule has 2 amide bonds. The number of hydrogen-bond acceptors (Lipinski definition) is 7. The molecule has 3 aliphatic heterocycles. The van der Waals surface area contributed by atoms with E-state index >= 15 is 0 Å². The molecule has 2 fully saturated rings. The number of sulfonamides is 1. The summed E-state index contributed by atoms with van der Waals surface area (Å²) in [6.07, 6.45) is 3.95. The molecule has 4 rings (SSSR count). The summed E-state index contributed by atoms with van der Waals surface area (Å²) >= 11 is 0. The van der Waals surface area contributed by atoms with Crippen molar-refractivity contribution >= 4 is 33.5 Å². The molecule has 1 atom stereocenters. The molecule has 11 heteroatoms. The SMILES string of the molecule is CCOC(=O)C1CCCN(C(=O)CN2C(=O)COc3ccc(S(=O)(=O)N4CCCCC4)cc32)C1. The van der Waals surface area contributed by atoms with E-state index in [4.69, 9.17) is 9.47 Å². The van der Waals surface area contributed by atoms with Gasteiger partial charge >= 0.3 is 5.97 Å². The summed E-state index contributed by atoms with van der Waals surface area (Å²) in [5, 5.41) is 0. The summed E-state index contributed by atoms with van der Waals surface area (Å²) in [6.45, 7) is 3.20. The first-order valence-electron chi connectivity index (χ1n) is 11.8. The number of piperidine rings is 2. The first-order chi connectivity index (χ1) is 16.3. The molecule has 1 aromatic rings. The van der Waals surface area contributed by atoms with Crippen LogP contribution in [0, 0.1) is 5.92 Å². The Hall–Kier alpha value is -2.66.